The number of hydrogen-bond donors (Lipinski definition) is 1. The summed E-state index contributed by atoms with van der Waals surface area (Å²) in [4.78, 5) is 12.6. The Bertz CT molecular complexity index is 1160. The number of benzene rings is 3. The second-order valence-electron chi connectivity index (χ2n) is 7.10. The molecule has 0 radical (unpaired) electrons. The molecule has 0 aliphatic carbocycles. The van der Waals surface area contributed by atoms with Crippen LogP contribution in [0.1, 0.15) is 22.3 Å². The van der Waals surface area contributed by atoms with Gasteiger partial charge in [0.2, 0.25) is 0 Å². The van der Waals surface area contributed by atoms with Gasteiger partial charge in [-0.25, -0.2) is 0 Å². The van der Waals surface area contributed by atoms with Gasteiger partial charge in [0.1, 0.15) is 24.0 Å². The van der Waals surface area contributed by atoms with Crippen LogP contribution in [0.15, 0.2) is 75.2 Å². The van der Waals surface area contributed by atoms with Crippen LogP contribution in [0, 0.1) is 25.2 Å². The zero-order valence-electron chi connectivity index (χ0n) is 17.1. The van der Waals surface area contributed by atoms with Crippen LogP contribution >= 0.6 is 31.9 Å². The summed E-state index contributed by atoms with van der Waals surface area (Å²) in [6.07, 6.45) is 1.54. The fraction of sp³-hybridized carbons (Fsp3) is 0.120. The van der Waals surface area contributed by atoms with Crippen LogP contribution in [0.25, 0.3) is 6.08 Å². The largest absolute Gasteiger partial charge is 0.488 e. The summed E-state index contributed by atoms with van der Waals surface area (Å²) in [5.41, 5.74) is 4.63. The number of nitriles is 1. The van der Waals surface area contributed by atoms with Gasteiger partial charge in [0.25, 0.3) is 5.91 Å². The number of anilines is 1. The molecule has 0 bridgehead atoms. The van der Waals surface area contributed by atoms with E-state index in [1.165, 1.54) is 17.2 Å². The Morgan fingerprint density at radius 2 is 1.65 bits per heavy atom. The molecule has 0 saturated heterocycles. The van der Waals surface area contributed by atoms with Crippen LogP contribution in [0.5, 0.6) is 5.75 Å². The van der Waals surface area contributed by atoms with Crippen molar-refractivity contribution in [1.82, 2.24) is 0 Å². The molecular formula is C25H20Br2N2O2. The first-order valence-corrected chi connectivity index (χ1v) is 11.1. The number of hydrogen-bond acceptors (Lipinski definition) is 3. The summed E-state index contributed by atoms with van der Waals surface area (Å²) in [5.74, 6) is 0.108. The first kappa shape index (κ1) is 22.8. The summed E-state index contributed by atoms with van der Waals surface area (Å²) in [7, 11) is 0. The summed E-state index contributed by atoms with van der Waals surface area (Å²) in [6, 6.07) is 20.9. The number of carbonyl (C=O) groups excluding carboxylic acids is 1. The highest BCUT2D eigenvalue weighted by atomic mass is 79.9. The molecule has 6 heteroatoms. The predicted molar refractivity (Wildman–Crippen MR) is 131 cm³/mol. The van der Waals surface area contributed by atoms with Gasteiger partial charge >= 0.3 is 0 Å². The van der Waals surface area contributed by atoms with Crippen molar-refractivity contribution in [2.75, 3.05) is 5.32 Å². The van der Waals surface area contributed by atoms with Crippen molar-refractivity contribution in [3.8, 4) is 11.8 Å². The van der Waals surface area contributed by atoms with Gasteiger partial charge in [-0.1, -0.05) is 61.2 Å². The van der Waals surface area contributed by atoms with E-state index in [1.54, 1.807) is 12.1 Å². The van der Waals surface area contributed by atoms with Gasteiger partial charge < -0.3 is 10.1 Å². The topological polar surface area (TPSA) is 62.1 Å². The zero-order chi connectivity index (χ0) is 22.4. The highest BCUT2D eigenvalue weighted by Crippen LogP contribution is 2.27. The zero-order valence-corrected chi connectivity index (χ0v) is 20.2. The van der Waals surface area contributed by atoms with E-state index < -0.39 is 5.91 Å². The molecule has 31 heavy (non-hydrogen) atoms. The standard InChI is InChI=1S/C25H20Br2N2O2/c1-16-9-17(2)11-18(10-16)15-31-24-8-5-22(27)13-19(24)12-20(14-28)25(30)29-23-6-3-21(26)4-7-23/h3-13H,15H2,1-2H3,(H,29,30)/b20-12+. The van der Waals surface area contributed by atoms with Crippen molar-refractivity contribution in [1.29, 1.82) is 5.26 Å². The van der Waals surface area contributed by atoms with Gasteiger partial charge in [0.05, 0.1) is 0 Å². The van der Waals surface area contributed by atoms with E-state index in [2.05, 4.69) is 55.4 Å². The molecule has 0 unspecified atom stereocenters. The molecule has 0 fully saturated rings. The van der Waals surface area contributed by atoms with Crippen LogP contribution in [-0.2, 0) is 11.4 Å². The second kappa shape index (κ2) is 10.4. The van der Waals surface area contributed by atoms with Gasteiger partial charge in [-0.3, -0.25) is 4.79 Å². The molecule has 0 heterocycles. The van der Waals surface area contributed by atoms with Crippen LogP contribution in [0.4, 0.5) is 5.69 Å². The van der Waals surface area contributed by atoms with Crippen molar-refractivity contribution in [3.05, 3.63) is 97.4 Å². The smallest absolute Gasteiger partial charge is 0.266 e. The highest BCUT2D eigenvalue weighted by molar-refractivity contribution is 9.10. The Morgan fingerprint density at radius 3 is 2.29 bits per heavy atom. The van der Waals surface area contributed by atoms with E-state index in [9.17, 15) is 10.1 Å². The van der Waals surface area contributed by atoms with Gasteiger partial charge in [-0.2, -0.15) is 5.26 Å². The average Bonchev–Trinajstić information content (AvgIpc) is 2.72. The number of ether oxygens (including phenoxy) is 1. The van der Waals surface area contributed by atoms with E-state index in [0.29, 0.717) is 23.6 Å². The summed E-state index contributed by atoms with van der Waals surface area (Å²) in [6.45, 7) is 4.49. The van der Waals surface area contributed by atoms with E-state index in [4.69, 9.17) is 4.74 Å². The third-order valence-electron chi connectivity index (χ3n) is 4.41. The Balaban J connectivity index is 1.83. The number of rotatable bonds is 6. The molecule has 3 aromatic rings. The second-order valence-corrected chi connectivity index (χ2v) is 8.93. The van der Waals surface area contributed by atoms with Crippen molar-refractivity contribution in [2.45, 2.75) is 20.5 Å². The fourth-order valence-electron chi connectivity index (χ4n) is 3.11. The van der Waals surface area contributed by atoms with Crippen LogP contribution in [-0.4, -0.2) is 5.91 Å². The van der Waals surface area contributed by atoms with Crippen LogP contribution < -0.4 is 10.1 Å². The maximum absolute atomic E-state index is 12.6. The lowest BCUT2D eigenvalue weighted by Gasteiger charge is -2.12. The van der Waals surface area contributed by atoms with Gasteiger partial charge in [0.15, 0.2) is 0 Å². The predicted octanol–water partition coefficient (Wildman–Crippen LogP) is 6.95. The summed E-state index contributed by atoms with van der Waals surface area (Å²) >= 11 is 6.81. The number of aryl methyl sites for hydroxylation is 2. The molecule has 0 aliphatic rings. The quantitative estimate of drug-likeness (QED) is 0.272. The normalized spacial score (nSPS) is 11.0. The molecule has 3 rings (SSSR count). The lowest BCUT2D eigenvalue weighted by Crippen LogP contribution is -2.13. The van der Waals surface area contributed by atoms with Crippen LogP contribution in [0.2, 0.25) is 0 Å². The molecule has 156 valence electrons. The molecule has 1 N–H and O–H groups in total. The Hall–Kier alpha value is -2.88. The third-order valence-corrected chi connectivity index (χ3v) is 5.44. The SMILES string of the molecule is Cc1cc(C)cc(COc2ccc(Br)cc2/C=C(\C#N)C(=O)Nc2ccc(Br)cc2)c1. The number of nitrogens with one attached hydrogen (secondary N) is 1. The Kier molecular flexibility index (Phi) is 7.67. The van der Waals surface area contributed by atoms with Gasteiger partial charge in [-0.05, 0) is 68.0 Å². The van der Waals surface area contributed by atoms with E-state index in [-0.39, 0.29) is 5.57 Å². The Morgan fingerprint density at radius 1 is 1.00 bits per heavy atom. The lowest BCUT2D eigenvalue weighted by molar-refractivity contribution is -0.112. The minimum Gasteiger partial charge on any atom is -0.488 e. The molecule has 1 amide bonds. The highest BCUT2D eigenvalue weighted by Gasteiger charge is 2.12. The van der Waals surface area contributed by atoms with Gasteiger partial charge in [0, 0.05) is 20.2 Å². The van der Waals surface area contributed by atoms with E-state index >= 15 is 0 Å². The number of halogens is 2. The molecule has 0 aliphatic heterocycles. The minimum atomic E-state index is -0.481. The molecule has 0 spiro atoms. The number of amides is 1. The third kappa shape index (κ3) is 6.55. The number of nitrogens with zero attached hydrogens (tertiary/aromatic N) is 1. The molecule has 3 aromatic carbocycles. The van der Waals surface area contributed by atoms with Crippen molar-refractivity contribution < 1.29 is 9.53 Å². The lowest BCUT2D eigenvalue weighted by atomic mass is 10.1. The maximum Gasteiger partial charge on any atom is 0.266 e. The van der Waals surface area contributed by atoms with Gasteiger partial charge in [-0.15, -0.1) is 0 Å². The molecule has 4 nitrogen and oxygen atoms in total. The minimum absolute atomic E-state index is 0.0164. The van der Waals surface area contributed by atoms with Crippen molar-refractivity contribution >= 4 is 49.5 Å². The molecular weight excluding hydrogens is 520 g/mol. The Labute approximate surface area is 198 Å². The maximum atomic E-state index is 12.6. The first-order chi connectivity index (χ1) is 14.8. The van der Waals surface area contributed by atoms with Crippen molar-refractivity contribution in [2.24, 2.45) is 0 Å². The summed E-state index contributed by atoms with van der Waals surface area (Å²) < 4.78 is 7.76. The van der Waals surface area contributed by atoms with Crippen molar-refractivity contribution in [3.63, 3.8) is 0 Å². The molecule has 0 saturated carbocycles. The molecule has 0 aromatic heterocycles. The number of carbonyl (C=O) groups is 1. The average molecular weight is 540 g/mol. The van der Waals surface area contributed by atoms with Crippen LogP contribution in [0.3, 0.4) is 0 Å². The monoisotopic (exact) mass is 538 g/mol. The van der Waals surface area contributed by atoms with E-state index in [1.807, 2.05) is 50.2 Å². The summed E-state index contributed by atoms with van der Waals surface area (Å²) in [5, 5.41) is 12.3. The van der Waals surface area contributed by atoms with E-state index in [0.717, 1.165) is 14.5 Å². The molecule has 0 atom stereocenters. The fourth-order valence-corrected chi connectivity index (χ4v) is 3.76. The first-order valence-electron chi connectivity index (χ1n) is 9.52.